The van der Waals surface area contributed by atoms with Crippen molar-refractivity contribution in [2.45, 2.75) is 26.4 Å². The maximum absolute atomic E-state index is 14.2. The van der Waals surface area contributed by atoms with Crippen LogP contribution < -0.4 is 14.7 Å². The molecule has 62 heavy (non-hydrogen) atoms. The first-order valence-corrected chi connectivity index (χ1v) is 20.4. The van der Waals surface area contributed by atoms with Crippen molar-refractivity contribution in [2.75, 3.05) is 14.7 Å². The second kappa shape index (κ2) is 18.0. The van der Waals surface area contributed by atoms with E-state index in [0.717, 1.165) is 39.0 Å². The molecular formula is C55H43N3O4. The fourth-order valence-electron chi connectivity index (χ4n) is 7.21. The third-order valence-corrected chi connectivity index (χ3v) is 10.1. The largest absolute Gasteiger partial charge is 0.456 e. The Balaban J connectivity index is 1.10. The molecule has 302 valence electrons. The van der Waals surface area contributed by atoms with E-state index in [0.29, 0.717) is 22.4 Å². The zero-order chi connectivity index (χ0) is 43.1. The molecule has 8 rings (SSSR count). The van der Waals surface area contributed by atoms with E-state index in [-0.39, 0.29) is 0 Å². The summed E-state index contributed by atoms with van der Waals surface area (Å²) in [5.74, 6) is 9.06. The zero-order valence-corrected chi connectivity index (χ0v) is 34.6. The number of nitrogens with zero attached hydrogens (tertiary/aromatic N) is 3. The van der Waals surface area contributed by atoms with Crippen molar-refractivity contribution < 1.29 is 19.1 Å². The van der Waals surface area contributed by atoms with Crippen molar-refractivity contribution in [1.29, 1.82) is 0 Å². The number of ether oxygens (including phenoxy) is 1. The van der Waals surface area contributed by atoms with E-state index in [2.05, 4.69) is 82.0 Å². The molecular weight excluding hydrogens is 767 g/mol. The highest BCUT2D eigenvalue weighted by Gasteiger charge is 2.47. The summed E-state index contributed by atoms with van der Waals surface area (Å²) in [4.78, 5) is 46.7. The fraction of sp³-hybridized carbons (Fsp3) is 0.109. The van der Waals surface area contributed by atoms with E-state index < -0.39 is 35.2 Å². The minimum Gasteiger partial charge on any atom is -0.456 e. The predicted octanol–water partition coefficient (Wildman–Crippen LogP) is 11.8. The molecule has 7 aromatic rings. The summed E-state index contributed by atoms with van der Waals surface area (Å²) in [5, 5.41) is 0. The van der Waals surface area contributed by atoms with Gasteiger partial charge in [0.25, 0.3) is 11.8 Å². The van der Waals surface area contributed by atoms with Gasteiger partial charge in [0.15, 0.2) is 0 Å². The van der Waals surface area contributed by atoms with E-state index in [4.69, 9.17) is 4.74 Å². The minimum absolute atomic E-state index is 0.304. The number of amides is 2. The molecule has 0 saturated carbocycles. The van der Waals surface area contributed by atoms with Gasteiger partial charge in [-0.1, -0.05) is 96.5 Å². The van der Waals surface area contributed by atoms with Gasteiger partial charge < -0.3 is 14.5 Å². The van der Waals surface area contributed by atoms with Gasteiger partial charge in [-0.2, -0.15) is 0 Å². The lowest BCUT2D eigenvalue weighted by molar-refractivity contribution is -0.122. The summed E-state index contributed by atoms with van der Waals surface area (Å²) in [6, 6.07) is 62.3. The number of hydrogen-bond donors (Lipinski definition) is 0. The van der Waals surface area contributed by atoms with Gasteiger partial charge in [-0.05, 0) is 142 Å². The Kier molecular flexibility index (Phi) is 11.8. The number of rotatable bonds is 8. The molecule has 0 radical (unpaired) electrons. The number of carbonyl (C=O) groups is 3. The van der Waals surface area contributed by atoms with Gasteiger partial charge in [0, 0.05) is 45.3 Å². The van der Waals surface area contributed by atoms with Gasteiger partial charge in [-0.15, -0.1) is 0 Å². The van der Waals surface area contributed by atoms with Gasteiger partial charge in [0.1, 0.15) is 17.4 Å². The Bertz CT molecular complexity index is 2560. The molecule has 2 amide bonds. The third-order valence-electron chi connectivity index (χ3n) is 10.1. The first kappa shape index (κ1) is 40.6. The molecule has 2 unspecified atom stereocenters. The normalized spacial score (nSPS) is 14.5. The van der Waals surface area contributed by atoms with Crippen LogP contribution in [0.15, 0.2) is 194 Å². The molecule has 0 aliphatic carbocycles. The zero-order valence-electron chi connectivity index (χ0n) is 34.6. The Hall–Kier alpha value is -8.13. The summed E-state index contributed by atoms with van der Waals surface area (Å²) < 4.78 is 5.52. The molecule has 0 bridgehead atoms. The van der Waals surface area contributed by atoms with Crippen LogP contribution in [0.3, 0.4) is 0 Å². The van der Waals surface area contributed by atoms with Crippen molar-refractivity contribution in [3.63, 3.8) is 0 Å². The van der Waals surface area contributed by atoms with Crippen molar-refractivity contribution >= 4 is 57.6 Å². The molecule has 0 aromatic heterocycles. The first-order chi connectivity index (χ1) is 30.1. The molecule has 0 N–H and O–H groups in total. The van der Waals surface area contributed by atoms with Crippen LogP contribution in [0.5, 0.6) is 0 Å². The van der Waals surface area contributed by atoms with E-state index in [1.165, 1.54) is 0 Å². The van der Waals surface area contributed by atoms with E-state index in [1.54, 1.807) is 45.0 Å². The average molecular weight is 810 g/mol. The van der Waals surface area contributed by atoms with Crippen molar-refractivity contribution in [2.24, 2.45) is 11.8 Å². The SMILES string of the molecule is CC(C)(C)OC(=O)c1ccc(N2C(=O)C(C#Cc3ccc(N(c4ccccc4)c4ccccc4)cc3)C(C#Cc3ccc(N(c4ccccc4)c4ccccc4)cc3)C2=O)cc1. The van der Waals surface area contributed by atoms with E-state index in [1.807, 2.05) is 121 Å². The predicted molar refractivity (Wildman–Crippen MR) is 247 cm³/mol. The molecule has 1 heterocycles. The quantitative estimate of drug-likeness (QED) is 0.0865. The minimum atomic E-state index is -1.05. The molecule has 1 aliphatic heterocycles. The summed E-state index contributed by atoms with van der Waals surface area (Å²) in [6.45, 7) is 5.38. The van der Waals surface area contributed by atoms with Gasteiger partial charge in [-0.25, -0.2) is 9.69 Å². The Morgan fingerprint density at radius 1 is 0.468 bits per heavy atom. The number of anilines is 7. The number of para-hydroxylation sites is 4. The highest BCUT2D eigenvalue weighted by molar-refractivity contribution is 6.24. The molecule has 7 nitrogen and oxygen atoms in total. The van der Waals surface area contributed by atoms with Crippen LogP contribution in [-0.4, -0.2) is 23.4 Å². The first-order valence-electron chi connectivity index (χ1n) is 20.4. The van der Waals surface area contributed by atoms with Crippen molar-refractivity contribution in [3.8, 4) is 23.7 Å². The summed E-state index contributed by atoms with van der Waals surface area (Å²) >= 11 is 0. The number of esters is 1. The summed E-state index contributed by atoms with van der Waals surface area (Å²) in [5.41, 5.74) is 7.21. The maximum Gasteiger partial charge on any atom is 0.338 e. The molecule has 0 spiro atoms. The lowest BCUT2D eigenvalue weighted by Gasteiger charge is -2.25. The fourth-order valence-corrected chi connectivity index (χ4v) is 7.21. The third kappa shape index (κ3) is 9.19. The number of hydrogen-bond acceptors (Lipinski definition) is 6. The standard InChI is InChI=1S/C55H43N3O4/c1-55(2,3)62-54(61)42-30-36-49(37-31-42)58-52(59)50(38-28-40-24-32-47(33-25-40)56(43-16-8-4-9-17-43)44-18-10-5-11-19-44)51(53(58)60)39-29-41-26-34-48(35-27-41)57(45-20-12-6-13-21-45)46-22-14-7-15-23-46/h4-27,30-37,50-51H,1-3H3. The van der Waals surface area contributed by atoms with E-state index in [9.17, 15) is 14.4 Å². The Labute approximate surface area is 362 Å². The van der Waals surface area contributed by atoms with Crippen LogP contribution in [0.2, 0.25) is 0 Å². The van der Waals surface area contributed by atoms with E-state index >= 15 is 0 Å². The van der Waals surface area contributed by atoms with Crippen LogP contribution in [0.1, 0.15) is 42.3 Å². The van der Waals surface area contributed by atoms with Gasteiger partial charge in [0.2, 0.25) is 0 Å². The van der Waals surface area contributed by atoms with Crippen LogP contribution in [0.25, 0.3) is 0 Å². The second-order valence-electron chi connectivity index (χ2n) is 15.7. The van der Waals surface area contributed by atoms with Crippen molar-refractivity contribution in [1.82, 2.24) is 0 Å². The van der Waals surface area contributed by atoms with Crippen LogP contribution in [0.4, 0.5) is 39.8 Å². The van der Waals surface area contributed by atoms with Crippen LogP contribution in [0, 0.1) is 35.5 Å². The van der Waals surface area contributed by atoms with Gasteiger partial charge >= 0.3 is 5.97 Å². The summed E-state index contributed by atoms with van der Waals surface area (Å²) in [6.07, 6.45) is 0. The van der Waals surface area contributed by atoms with Gasteiger partial charge in [0.05, 0.1) is 11.3 Å². The molecule has 1 fully saturated rings. The highest BCUT2D eigenvalue weighted by Crippen LogP contribution is 2.36. The maximum atomic E-state index is 14.2. The monoisotopic (exact) mass is 809 g/mol. The number of carbonyl (C=O) groups excluding carboxylic acids is 3. The molecule has 2 atom stereocenters. The average Bonchev–Trinajstić information content (AvgIpc) is 3.53. The number of imide groups is 1. The lowest BCUT2D eigenvalue weighted by Crippen LogP contribution is -2.31. The Morgan fingerprint density at radius 2 is 0.790 bits per heavy atom. The molecule has 1 aliphatic rings. The van der Waals surface area contributed by atoms with Crippen LogP contribution in [-0.2, 0) is 14.3 Å². The van der Waals surface area contributed by atoms with Gasteiger partial charge in [-0.3, -0.25) is 9.59 Å². The lowest BCUT2D eigenvalue weighted by atomic mass is 9.95. The molecule has 7 aromatic carbocycles. The molecule has 1 saturated heterocycles. The topological polar surface area (TPSA) is 70.2 Å². The second-order valence-corrected chi connectivity index (χ2v) is 15.7. The summed E-state index contributed by atoms with van der Waals surface area (Å²) in [7, 11) is 0. The van der Waals surface area contributed by atoms with Crippen molar-refractivity contribution in [3.05, 3.63) is 211 Å². The van der Waals surface area contributed by atoms with Crippen LogP contribution >= 0.6 is 0 Å². The molecule has 7 heteroatoms. The smallest absolute Gasteiger partial charge is 0.338 e. The Morgan fingerprint density at radius 3 is 1.11 bits per heavy atom. The highest BCUT2D eigenvalue weighted by atomic mass is 16.6. The number of benzene rings is 7.